The van der Waals surface area contributed by atoms with E-state index in [1.165, 1.54) is 12.1 Å². The quantitative estimate of drug-likeness (QED) is 0.856. The zero-order chi connectivity index (χ0) is 15.6. The van der Waals surface area contributed by atoms with E-state index < -0.39 is 10.0 Å². The average Bonchev–Trinajstić information content (AvgIpc) is 2.80. The van der Waals surface area contributed by atoms with Crippen LogP contribution in [0.4, 0.5) is 0 Å². The van der Waals surface area contributed by atoms with Gasteiger partial charge >= 0.3 is 0 Å². The number of hydrogen-bond acceptors (Lipinski definition) is 4. The van der Waals surface area contributed by atoms with Crippen LogP contribution in [-0.4, -0.2) is 20.9 Å². The normalized spacial score (nSPS) is 18.7. The van der Waals surface area contributed by atoms with E-state index in [4.69, 9.17) is 9.88 Å². The first-order chi connectivity index (χ1) is 9.82. The van der Waals surface area contributed by atoms with Crippen molar-refractivity contribution in [3.63, 3.8) is 0 Å². The predicted molar refractivity (Wildman–Crippen MR) is 78.3 cm³/mol. The van der Waals surface area contributed by atoms with Gasteiger partial charge in [0.2, 0.25) is 15.9 Å². The third-order valence-electron chi connectivity index (χ3n) is 3.58. The molecule has 0 radical (unpaired) electrons. The van der Waals surface area contributed by atoms with E-state index in [0.29, 0.717) is 17.9 Å². The summed E-state index contributed by atoms with van der Waals surface area (Å²) in [5.74, 6) is 0.440. The minimum absolute atomic E-state index is 0.0209. The van der Waals surface area contributed by atoms with Crippen molar-refractivity contribution in [3.8, 4) is 5.75 Å². The molecule has 6 nitrogen and oxygen atoms in total. The molecular formula is C14H20N2O4S. The Morgan fingerprint density at radius 2 is 2.24 bits per heavy atom. The van der Waals surface area contributed by atoms with Gasteiger partial charge in [0, 0.05) is 11.5 Å². The molecule has 0 spiro atoms. The number of rotatable bonds is 5. The molecule has 2 atom stereocenters. The lowest BCUT2D eigenvalue weighted by Crippen LogP contribution is -2.33. The number of nitrogens with one attached hydrogen (secondary N) is 1. The van der Waals surface area contributed by atoms with E-state index in [1.807, 2.05) is 13.8 Å². The van der Waals surface area contributed by atoms with Crippen LogP contribution in [0.2, 0.25) is 0 Å². The second-order valence-electron chi connectivity index (χ2n) is 5.31. The van der Waals surface area contributed by atoms with Crippen LogP contribution in [-0.2, 0) is 14.8 Å². The molecule has 1 aliphatic heterocycles. The highest BCUT2D eigenvalue weighted by atomic mass is 32.2. The topological polar surface area (TPSA) is 98.5 Å². The van der Waals surface area contributed by atoms with Gasteiger partial charge in [0.25, 0.3) is 0 Å². The molecule has 0 fully saturated rings. The SMILES string of the molecule is CCCC(C)C(=O)NC1COc2ccc(S(N)(=O)=O)cc21. The predicted octanol–water partition coefficient (Wildman–Crippen LogP) is 1.32. The van der Waals surface area contributed by atoms with Crippen LogP contribution in [0.25, 0.3) is 0 Å². The van der Waals surface area contributed by atoms with Crippen LogP contribution in [0.5, 0.6) is 5.75 Å². The summed E-state index contributed by atoms with van der Waals surface area (Å²) in [6.45, 7) is 4.19. The van der Waals surface area contributed by atoms with Gasteiger partial charge in [-0.15, -0.1) is 0 Å². The van der Waals surface area contributed by atoms with E-state index in [1.54, 1.807) is 6.07 Å². The lowest BCUT2D eigenvalue weighted by Gasteiger charge is -2.16. The van der Waals surface area contributed by atoms with Gasteiger partial charge in [-0.05, 0) is 24.6 Å². The zero-order valence-electron chi connectivity index (χ0n) is 12.1. The van der Waals surface area contributed by atoms with Crippen LogP contribution < -0.4 is 15.2 Å². The van der Waals surface area contributed by atoms with Crippen molar-refractivity contribution >= 4 is 15.9 Å². The first-order valence-electron chi connectivity index (χ1n) is 6.93. The average molecular weight is 312 g/mol. The largest absolute Gasteiger partial charge is 0.491 e. The Hall–Kier alpha value is -1.60. The minimum Gasteiger partial charge on any atom is -0.491 e. The Kier molecular flexibility index (Phi) is 4.53. The Morgan fingerprint density at radius 1 is 1.52 bits per heavy atom. The summed E-state index contributed by atoms with van der Waals surface area (Å²) in [5, 5.41) is 8.03. The molecular weight excluding hydrogens is 292 g/mol. The summed E-state index contributed by atoms with van der Waals surface area (Å²) in [6.07, 6.45) is 1.74. The molecule has 2 rings (SSSR count). The highest BCUT2D eigenvalue weighted by molar-refractivity contribution is 7.89. The number of ether oxygens (including phenoxy) is 1. The van der Waals surface area contributed by atoms with Crippen molar-refractivity contribution in [1.29, 1.82) is 0 Å². The molecule has 3 N–H and O–H groups in total. The first kappa shape index (κ1) is 15.8. The number of hydrogen-bond donors (Lipinski definition) is 2. The number of benzene rings is 1. The van der Waals surface area contributed by atoms with Crippen LogP contribution in [0.3, 0.4) is 0 Å². The molecule has 0 saturated heterocycles. The number of amides is 1. The molecule has 0 bridgehead atoms. The van der Waals surface area contributed by atoms with E-state index in [-0.39, 0.29) is 22.8 Å². The van der Waals surface area contributed by atoms with E-state index in [0.717, 1.165) is 12.8 Å². The number of sulfonamides is 1. The molecule has 1 amide bonds. The maximum atomic E-state index is 12.1. The molecule has 1 heterocycles. The van der Waals surface area contributed by atoms with Crippen LogP contribution in [0.15, 0.2) is 23.1 Å². The van der Waals surface area contributed by atoms with Crippen molar-refractivity contribution in [2.45, 2.75) is 37.6 Å². The van der Waals surface area contributed by atoms with E-state index in [2.05, 4.69) is 5.32 Å². The number of carbonyl (C=O) groups excluding carboxylic acids is 1. The fourth-order valence-electron chi connectivity index (χ4n) is 2.37. The second-order valence-corrected chi connectivity index (χ2v) is 6.87. The van der Waals surface area contributed by atoms with Crippen LogP contribution in [0.1, 0.15) is 38.3 Å². The van der Waals surface area contributed by atoms with Gasteiger partial charge in [0.15, 0.2) is 0 Å². The number of carbonyl (C=O) groups is 1. The fraction of sp³-hybridized carbons (Fsp3) is 0.500. The highest BCUT2D eigenvalue weighted by Gasteiger charge is 2.28. The van der Waals surface area contributed by atoms with Gasteiger partial charge in [-0.3, -0.25) is 4.79 Å². The zero-order valence-corrected chi connectivity index (χ0v) is 12.9. The maximum absolute atomic E-state index is 12.1. The molecule has 21 heavy (non-hydrogen) atoms. The Labute approximate surface area is 124 Å². The standard InChI is InChI=1S/C14H20N2O4S/c1-3-4-9(2)14(17)16-12-8-20-13-6-5-10(7-11(12)13)21(15,18)19/h5-7,9,12H,3-4,8H2,1-2H3,(H,16,17)(H2,15,18,19). The third kappa shape index (κ3) is 3.54. The summed E-state index contributed by atoms with van der Waals surface area (Å²) in [5.41, 5.74) is 0.651. The summed E-state index contributed by atoms with van der Waals surface area (Å²) in [7, 11) is -3.77. The summed E-state index contributed by atoms with van der Waals surface area (Å²) in [4.78, 5) is 12.1. The molecule has 0 saturated carbocycles. The maximum Gasteiger partial charge on any atom is 0.238 e. The van der Waals surface area contributed by atoms with Crippen molar-refractivity contribution in [2.75, 3.05) is 6.61 Å². The summed E-state index contributed by atoms with van der Waals surface area (Å²) < 4.78 is 28.3. The molecule has 2 unspecified atom stereocenters. The smallest absolute Gasteiger partial charge is 0.238 e. The molecule has 1 aromatic rings. The minimum atomic E-state index is -3.77. The Bertz CT molecular complexity index is 642. The molecule has 0 aliphatic carbocycles. The van der Waals surface area contributed by atoms with Gasteiger partial charge in [-0.1, -0.05) is 20.3 Å². The highest BCUT2D eigenvalue weighted by Crippen LogP contribution is 2.34. The van der Waals surface area contributed by atoms with Gasteiger partial charge < -0.3 is 10.1 Å². The summed E-state index contributed by atoms with van der Waals surface area (Å²) in [6, 6.07) is 4.09. The van der Waals surface area contributed by atoms with E-state index in [9.17, 15) is 13.2 Å². The molecule has 1 aliphatic rings. The number of primary sulfonamides is 1. The van der Waals surface area contributed by atoms with Gasteiger partial charge in [0.1, 0.15) is 12.4 Å². The Morgan fingerprint density at radius 3 is 2.86 bits per heavy atom. The molecule has 7 heteroatoms. The summed E-state index contributed by atoms with van der Waals surface area (Å²) >= 11 is 0. The third-order valence-corrected chi connectivity index (χ3v) is 4.49. The Balaban J connectivity index is 2.19. The van der Waals surface area contributed by atoms with Crippen molar-refractivity contribution < 1.29 is 17.9 Å². The van der Waals surface area contributed by atoms with Crippen molar-refractivity contribution in [2.24, 2.45) is 11.1 Å². The molecule has 0 aromatic heterocycles. The van der Waals surface area contributed by atoms with Crippen molar-refractivity contribution in [3.05, 3.63) is 23.8 Å². The number of nitrogens with two attached hydrogens (primary N) is 1. The fourth-order valence-corrected chi connectivity index (χ4v) is 2.92. The van der Waals surface area contributed by atoms with Crippen molar-refractivity contribution in [1.82, 2.24) is 5.32 Å². The van der Waals surface area contributed by atoms with Crippen LogP contribution in [0, 0.1) is 5.92 Å². The molecule has 1 aromatic carbocycles. The van der Waals surface area contributed by atoms with Gasteiger partial charge in [0.05, 0.1) is 10.9 Å². The first-order valence-corrected chi connectivity index (χ1v) is 8.47. The van der Waals surface area contributed by atoms with Crippen LogP contribution >= 0.6 is 0 Å². The molecule has 116 valence electrons. The van der Waals surface area contributed by atoms with Gasteiger partial charge in [-0.2, -0.15) is 0 Å². The lowest BCUT2D eigenvalue weighted by atomic mass is 10.0. The second kappa shape index (κ2) is 6.03. The van der Waals surface area contributed by atoms with Gasteiger partial charge in [-0.25, -0.2) is 13.6 Å². The number of fused-ring (bicyclic) bond motifs is 1. The van der Waals surface area contributed by atoms with E-state index >= 15 is 0 Å². The lowest BCUT2D eigenvalue weighted by molar-refractivity contribution is -0.125. The monoisotopic (exact) mass is 312 g/mol.